The van der Waals surface area contributed by atoms with Crippen LogP contribution in [0, 0.1) is 0 Å². The van der Waals surface area contributed by atoms with Crippen LogP contribution in [0.3, 0.4) is 0 Å². The average Bonchev–Trinajstić information content (AvgIpc) is 3.70. The topological polar surface area (TPSA) is 114 Å². The molecule has 15 heteroatoms. The van der Waals surface area contributed by atoms with Crippen molar-refractivity contribution in [2.45, 2.75) is 31.5 Å². The van der Waals surface area contributed by atoms with Crippen LogP contribution in [0.1, 0.15) is 36.6 Å². The van der Waals surface area contributed by atoms with E-state index in [9.17, 15) is 22.8 Å². The lowest BCUT2D eigenvalue weighted by atomic mass is 10.0. The zero-order chi connectivity index (χ0) is 30.9. The number of hydrogen-bond donors (Lipinski definition) is 2. The third kappa shape index (κ3) is 4.59. The van der Waals surface area contributed by atoms with E-state index in [1.807, 2.05) is 37.1 Å². The van der Waals surface area contributed by atoms with Gasteiger partial charge in [-0.3, -0.25) is 18.8 Å². The van der Waals surface area contributed by atoms with Crippen LogP contribution in [-0.2, 0) is 18.0 Å². The molecular formula is C29H27ClF3N9O2. The highest BCUT2D eigenvalue weighted by molar-refractivity contribution is 6.33. The number of halogens is 4. The lowest BCUT2D eigenvalue weighted by molar-refractivity contribution is -0.137. The van der Waals surface area contributed by atoms with E-state index in [2.05, 4.69) is 20.8 Å². The van der Waals surface area contributed by atoms with Gasteiger partial charge in [-0.2, -0.15) is 27.8 Å². The number of rotatable bonds is 4. The summed E-state index contributed by atoms with van der Waals surface area (Å²) in [6.45, 7) is 4.51. The van der Waals surface area contributed by atoms with E-state index in [0.29, 0.717) is 55.4 Å². The van der Waals surface area contributed by atoms with Crippen molar-refractivity contribution in [1.29, 1.82) is 0 Å². The van der Waals surface area contributed by atoms with Gasteiger partial charge < -0.3 is 15.5 Å². The maximum Gasteiger partial charge on any atom is 0.416 e. The van der Waals surface area contributed by atoms with Crippen LogP contribution in [0.25, 0.3) is 28.1 Å². The van der Waals surface area contributed by atoms with E-state index in [1.165, 1.54) is 4.52 Å². The first-order valence-corrected chi connectivity index (χ1v) is 14.5. The Hall–Kier alpha value is -4.43. The first kappa shape index (κ1) is 28.3. The summed E-state index contributed by atoms with van der Waals surface area (Å²) < 4.78 is 44.3. The second-order valence-corrected chi connectivity index (χ2v) is 11.6. The Balaban J connectivity index is 1.36. The Morgan fingerprint density at radius 1 is 1.14 bits per heavy atom. The largest absolute Gasteiger partial charge is 0.416 e. The van der Waals surface area contributed by atoms with Gasteiger partial charge in [0.15, 0.2) is 5.82 Å². The number of aryl methyl sites for hydroxylation is 1. The molecule has 2 N–H and O–H groups in total. The highest BCUT2D eigenvalue weighted by atomic mass is 35.5. The van der Waals surface area contributed by atoms with Gasteiger partial charge in [0.05, 0.1) is 33.7 Å². The van der Waals surface area contributed by atoms with Gasteiger partial charge in [-0.1, -0.05) is 18.5 Å². The van der Waals surface area contributed by atoms with Gasteiger partial charge in [-0.05, 0) is 42.8 Å². The van der Waals surface area contributed by atoms with Gasteiger partial charge >= 0.3 is 6.18 Å². The van der Waals surface area contributed by atoms with Crippen molar-refractivity contribution in [2.75, 3.05) is 36.4 Å². The van der Waals surface area contributed by atoms with E-state index in [4.69, 9.17) is 16.6 Å². The normalized spacial score (nSPS) is 18.7. The van der Waals surface area contributed by atoms with Crippen LogP contribution in [-0.4, -0.2) is 61.0 Å². The molecule has 0 aliphatic carbocycles. The number of piperazine rings is 1. The number of anilines is 2. The van der Waals surface area contributed by atoms with Crippen molar-refractivity contribution >= 4 is 45.6 Å². The number of alkyl halides is 3. The molecule has 5 aromatic rings. The average molecular weight is 626 g/mol. The number of fused-ring (bicyclic) bond motifs is 4. The predicted molar refractivity (Wildman–Crippen MR) is 159 cm³/mol. The monoisotopic (exact) mass is 625 g/mol. The molecule has 2 atom stereocenters. The SMILES string of the molecule is C[C@@H]1C[C@H](C(=O)Nc2ccc(C(F)(F)F)cc2Cl)n2c1c(N1CCNCC1)c(=O)n1nc(-c3ccc4c(cnn4C)c3)nc21. The Labute approximate surface area is 253 Å². The highest BCUT2D eigenvalue weighted by Gasteiger charge is 2.40. The Morgan fingerprint density at radius 2 is 1.91 bits per heavy atom. The summed E-state index contributed by atoms with van der Waals surface area (Å²) in [5.74, 6) is -0.184. The second-order valence-electron chi connectivity index (χ2n) is 11.2. The van der Waals surface area contributed by atoms with Crippen molar-refractivity contribution in [1.82, 2.24) is 34.3 Å². The molecule has 228 valence electrons. The van der Waals surface area contributed by atoms with Crippen LogP contribution in [0.5, 0.6) is 0 Å². The summed E-state index contributed by atoms with van der Waals surface area (Å²) in [7, 11) is 1.84. The van der Waals surface area contributed by atoms with Crippen LogP contribution in [0.2, 0.25) is 5.02 Å². The van der Waals surface area contributed by atoms with Gasteiger partial charge in [0.1, 0.15) is 11.7 Å². The number of amides is 1. The third-order valence-corrected chi connectivity index (χ3v) is 8.67. The Bertz CT molecular complexity index is 2010. The van der Waals surface area contributed by atoms with Crippen LogP contribution >= 0.6 is 11.6 Å². The van der Waals surface area contributed by atoms with E-state index in [-0.39, 0.29) is 28.0 Å². The summed E-state index contributed by atoms with van der Waals surface area (Å²) in [4.78, 5) is 34.7. The fraction of sp³-hybridized carbons (Fsp3) is 0.345. The molecule has 5 heterocycles. The van der Waals surface area contributed by atoms with Crippen molar-refractivity contribution in [3.63, 3.8) is 0 Å². The number of benzene rings is 2. The standard InChI is InChI=1S/C29H27ClF3N9O2/c1-15-11-22(26(43)36-20-5-4-18(13-19(20)30)29(31,32)33)41-23(15)24(40-9-7-34-8-10-40)27(44)42-28(41)37-25(38-42)16-3-6-21-17(12-16)14-35-39(21)2/h3-6,12-15,22,34H,7-11H2,1-2H3,(H,36,43)/t15-,22-/m1/s1. The minimum Gasteiger partial charge on any atom is -0.363 e. The van der Waals surface area contributed by atoms with Gasteiger partial charge in [-0.25, -0.2) is 0 Å². The number of nitrogens with zero attached hydrogens (tertiary/aromatic N) is 7. The molecule has 0 saturated carbocycles. The maximum absolute atomic E-state index is 14.1. The number of nitrogens with one attached hydrogen (secondary N) is 2. The van der Waals surface area contributed by atoms with Gasteiger partial charge in [-0.15, -0.1) is 5.10 Å². The molecule has 0 spiro atoms. The first-order valence-electron chi connectivity index (χ1n) is 14.1. The molecule has 3 aromatic heterocycles. The fourth-order valence-electron chi connectivity index (χ4n) is 6.20. The van der Waals surface area contributed by atoms with Crippen molar-refractivity contribution in [3.8, 4) is 11.4 Å². The van der Waals surface area contributed by atoms with Gasteiger partial charge in [0, 0.05) is 50.1 Å². The first-order chi connectivity index (χ1) is 21.0. The zero-order valence-electron chi connectivity index (χ0n) is 23.7. The molecule has 11 nitrogen and oxygen atoms in total. The molecule has 0 unspecified atom stereocenters. The maximum atomic E-state index is 14.1. The smallest absolute Gasteiger partial charge is 0.363 e. The molecule has 0 bridgehead atoms. The molecule has 1 fully saturated rings. The summed E-state index contributed by atoms with van der Waals surface area (Å²) in [6, 6.07) is 7.60. The molecule has 2 aromatic carbocycles. The number of hydrogen-bond acceptors (Lipinski definition) is 7. The number of carbonyl (C=O) groups excluding carboxylic acids is 1. The quantitative estimate of drug-likeness (QED) is 0.308. The lowest BCUT2D eigenvalue weighted by Gasteiger charge is -2.31. The zero-order valence-corrected chi connectivity index (χ0v) is 24.4. The number of aromatic nitrogens is 6. The summed E-state index contributed by atoms with van der Waals surface area (Å²) >= 11 is 6.16. The van der Waals surface area contributed by atoms with Crippen molar-refractivity contribution in [2.24, 2.45) is 7.05 Å². The van der Waals surface area contributed by atoms with Crippen molar-refractivity contribution < 1.29 is 18.0 Å². The highest BCUT2D eigenvalue weighted by Crippen LogP contribution is 2.42. The molecule has 2 aliphatic rings. The van der Waals surface area contributed by atoms with E-state index >= 15 is 0 Å². The van der Waals surface area contributed by atoms with Gasteiger partial charge in [0.25, 0.3) is 5.56 Å². The predicted octanol–water partition coefficient (Wildman–Crippen LogP) is 4.21. The van der Waals surface area contributed by atoms with E-state index < -0.39 is 23.7 Å². The molecule has 44 heavy (non-hydrogen) atoms. The third-order valence-electron chi connectivity index (χ3n) is 8.35. The summed E-state index contributed by atoms with van der Waals surface area (Å²) in [6.07, 6.45) is -2.50. The van der Waals surface area contributed by atoms with Crippen LogP contribution in [0.15, 0.2) is 47.4 Å². The molecule has 7 rings (SSSR count). The fourth-order valence-corrected chi connectivity index (χ4v) is 6.43. The minimum absolute atomic E-state index is 0.0529. The Morgan fingerprint density at radius 3 is 2.64 bits per heavy atom. The van der Waals surface area contributed by atoms with Crippen molar-refractivity contribution in [3.05, 3.63) is 69.2 Å². The molecule has 0 radical (unpaired) electrons. The summed E-state index contributed by atoms with van der Waals surface area (Å²) in [5, 5.41) is 15.6. The van der Waals surface area contributed by atoms with E-state index in [0.717, 1.165) is 29.1 Å². The molecule has 1 saturated heterocycles. The lowest BCUT2D eigenvalue weighted by Crippen LogP contribution is -2.46. The second kappa shape index (κ2) is 10.3. The molecule has 1 amide bonds. The Kier molecular flexibility index (Phi) is 6.66. The minimum atomic E-state index is -4.57. The van der Waals surface area contributed by atoms with Gasteiger partial charge in [0.2, 0.25) is 11.7 Å². The van der Waals surface area contributed by atoms with Crippen LogP contribution < -0.4 is 21.1 Å². The van der Waals surface area contributed by atoms with E-state index in [1.54, 1.807) is 15.4 Å². The van der Waals surface area contributed by atoms with Crippen LogP contribution in [0.4, 0.5) is 24.5 Å². The molecular weight excluding hydrogens is 599 g/mol. The molecule has 2 aliphatic heterocycles. The summed E-state index contributed by atoms with van der Waals surface area (Å²) in [5.41, 5.74) is 1.55. The number of carbonyl (C=O) groups is 1.